The fraction of sp³-hybridized carbons (Fsp3) is 0.235. The van der Waals surface area contributed by atoms with Crippen LogP contribution in [0.2, 0.25) is 5.02 Å². The lowest BCUT2D eigenvalue weighted by Crippen LogP contribution is -2.18. The molecule has 0 aliphatic carbocycles. The van der Waals surface area contributed by atoms with Crippen molar-refractivity contribution in [2.24, 2.45) is 0 Å². The highest BCUT2D eigenvalue weighted by Crippen LogP contribution is 2.25. The Morgan fingerprint density at radius 3 is 2.64 bits per heavy atom. The molecule has 0 aliphatic heterocycles. The Kier molecular flexibility index (Phi) is 5.28. The summed E-state index contributed by atoms with van der Waals surface area (Å²) in [4.78, 5) is 11.7. The molecule has 0 fully saturated rings. The van der Waals surface area contributed by atoms with Gasteiger partial charge in [-0.15, -0.1) is 0 Å². The van der Waals surface area contributed by atoms with Crippen LogP contribution < -0.4 is 14.8 Å². The maximum Gasteiger partial charge on any atom is 0.251 e. The predicted octanol–water partition coefficient (Wildman–Crippen LogP) is 3.60. The van der Waals surface area contributed by atoms with Gasteiger partial charge in [0.15, 0.2) is 0 Å². The molecule has 0 spiro atoms. The average Bonchev–Trinajstić information content (AvgIpc) is 2.54. The fourth-order valence-corrected chi connectivity index (χ4v) is 2.16. The molecule has 1 amide bonds. The van der Waals surface area contributed by atoms with E-state index in [9.17, 15) is 4.79 Å². The summed E-state index contributed by atoms with van der Waals surface area (Å²) >= 11 is 6.00. The number of nitrogens with one attached hydrogen (secondary N) is 1. The van der Waals surface area contributed by atoms with E-state index < -0.39 is 0 Å². The second-order valence-corrected chi connectivity index (χ2v) is 5.21. The van der Waals surface area contributed by atoms with Crippen LogP contribution in [0.25, 0.3) is 0 Å². The molecule has 0 bridgehead atoms. The standard InChI is InChI=1S/C17H18ClNO3/c1-11-8-14(5-6-15(11)18)22-10-13-9-12(17(20)19-2)4-7-16(13)21-3/h4-9H,10H2,1-3H3,(H,19,20). The molecule has 0 aliphatic rings. The molecule has 22 heavy (non-hydrogen) atoms. The minimum absolute atomic E-state index is 0.147. The van der Waals surface area contributed by atoms with Crippen molar-refractivity contribution < 1.29 is 14.3 Å². The summed E-state index contributed by atoms with van der Waals surface area (Å²) in [6.07, 6.45) is 0. The van der Waals surface area contributed by atoms with E-state index in [-0.39, 0.29) is 5.91 Å². The Hall–Kier alpha value is -2.20. The number of rotatable bonds is 5. The number of carbonyl (C=O) groups excluding carboxylic acids is 1. The van der Waals surface area contributed by atoms with E-state index in [0.717, 1.165) is 11.1 Å². The first-order valence-corrected chi connectivity index (χ1v) is 7.21. The largest absolute Gasteiger partial charge is 0.496 e. The van der Waals surface area contributed by atoms with E-state index in [2.05, 4.69) is 5.32 Å². The number of ether oxygens (including phenoxy) is 2. The zero-order valence-corrected chi connectivity index (χ0v) is 13.5. The third-order valence-corrected chi connectivity index (χ3v) is 3.72. The van der Waals surface area contributed by atoms with Gasteiger partial charge in [0.2, 0.25) is 0 Å². The van der Waals surface area contributed by atoms with Gasteiger partial charge in [0.25, 0.3) is 5.91 Å². The van der Waals surface area contributed by atoms with Crippen LogP contribution in [-0.4, -0.2) is 20.1 Å². The van der Waals surface area contributed by atoms with E-state index in [0.29, 0.717) is 28.7 Å². The van der Waals surface area contributed by atoms with Gasteiger partial charge in [-0.3, -0.25) is 4.79 Å². The molecule has 0 saturated carbocycles. The highest BCUT2D eigenvalue weighted by atomic mass is 35.5. The summed E-state index contributed by atoms with van der Waals surface area (Å²) in [7, 11) is 3.18. The van der Waals surface area contributed by atoms with Crippen molar-refractivity contribution in [3.05, 3.63) is 58.1 Å². The first-order chi connectivity index (χ1) is 10.5. The van der Waals surface area contributed by atoms with Gasteiger partial charge in [0, 0.05) is 23.2 Å². The number of hydrogen-bond donors (Lipinski definition) is 1. The molecule has 0 atom stereocenters. The lowest BCUT2D eigenvalue weighted by atomic mass is 10.1. The molecule has 2 rings (SSSR count). The maximum absolute atomic E-state index is 11.7. The van der Waals surface area contributed by atoms with E-state index in [4.69, 9.17) is 21.1 Å². The van der Waals surface area contributed by atoms with Crippen molar-refractivity contribution in [2.45, 2.75) is 13.5 Å². The molecule has 0 aromatic heterocycles. The van der Waals surface area contributed by atoms with Gasteiger partial charge in [0.05, 0.1) is 7.11 Å². The van der Waals surface area contributed by atoms with Crippen LogP contribution in [-0.2, 0) is 6.61 Å². The van der Waals surface area contributed by atoms with Crippen LogP contribution in [0.15, 0.2) is 36.4 Å². The normalized spacial score (nSPS) is 10.2. The number of benzene rings is 2. The van der Waals surface area contributed by atoms with Crippen LogP contribution in [0, 0.1) is 6.92 Å². The van der Waals surface area contributed by atoms with Gasteiger partial charge in [-0.05, 0) is 48.9 Å². The Morgan fingerprint density at radius 1 is 1.23 bits per heavy atom. The SMILES string of the molecule is CNC(=O)c1ccc(OC)c(COc2ccc(Cl)c(C)c2)c1. The van der Waals surface area contributed by atoms with Gasteiger partial charge >= 0.3 is 0 Å². The number of hydrogen-bond acceptors (Lipinski definition) is 3. The first kappa shape index (κ1) is 16.2. The molecular formula is C17H18ClNO3. The third-order valence-electron chi connectivity index (χ3n) is 3.29. The number of carbonyl (C=O) groups is 1. The van der Waals surface area contributed by atoms with Crippen LogP contribution in [0.4, 0.5) is 0 Å². The zero-order chi connectivity index (χ0) is 16.1. The average molecular weight is 320 g/mol. The molecule has 0 unspecified atom stereocenters. The Labute approximate surface area is 135 Å². The summed E-state index contributed by atoms with van der Waals surface area (Å²) in [5, 5.41) is 3.30. The van der Waals surface area contributed by atoms with E-state index in [1.165, 1.54) is 0 Å². The first-order valence-electron chi connectivity index (χ1n) is 6.83. The second kappa shape index (κ2) is 7.18. The second-order valence-electron chi connectivity index (χ2n) is 4.81. The maximum atomic E-state index is 11.7. The molecule has 116 valence electrons. The van der Waals surface area contributed by atoms with Crippen molar-refractivity contribution in [3.8, 4) is 11.5 Å². The Balaban J connectivity index is 2.20. The lowest BCUT2D eigenvalue weighted by Gasteiger charge is -2.12. The van der Waals surface area contributed by atoms with Gasteiger partial charge in [-0.2, -0.15) is 0 Å². The molecule has 2 aromatic carbocycles. The molecule has 0 radical (unpaired) electrons. The molecule has 2 aromatic rings. The quantitative estimate of drug-likeness (QED) is 0.916. The molecule has 0 heterocycles. The monoisotopic (exact) mass is 319 g/mol. The Bertz CT molecular complexity index is 686. The van der Waals surface area contributed by atoms with Crippen LogP contribution in [0.1, 0.15) is 21.5 Å². The lowest BCUT2D eigenvalue weighted by molar-refractivity contribution is 0.0963. The van der Waals surface area contributed by atoms with Crippen molar-refractivity contribution >= 4 is 17.5 Å². The third kappa shape index (κ3) is 3.71. The predicted molar refractivity (Wildman–Crippen MR) is 86.9 cm³/mol. The highest BCUT2D eigenvalue weighted by molar-refractivity contribution is 6.31. The number of halogens is 1. The topological polar surface area (TPSA) is 47.6 Å². The molecular weight excluding hydrogens is 302 g/mol. The van der Waals surface area contributed by atoms with Crippen LogP contribution >= 0.6 is 11.6 Å². The minimum Gasteiger partial charge on any atom is -0.496 e. The van der Waals surface area contributed by atoms with Crippen LogP contribution in [0.3, 0.4) is 0 Å². The molecule has 1 N–H and O–H groups in total. The van der Waals surface area contributed by atoms with Gasteiger partial charge in [-0.1, -0.05) is 11.6 Å². The van der Waals surface area contributed by atoms with E-state index >= 15 is 0 Å². The van der Waals surface area contributed by atoms with Crippen molar-refractivity contribution in [1.82, 2.24) is 5.32 Å². The summed E-state index contributed by atoms with van der Waals surface area (Å²) in [6, 6.07) is 10.7. The summed E-state index contributed by atoms with van der Waals surface area (Å²) < 4.78 is 11.1. The zero-order valence-electron chi connectivity index (χ0n) is 12.8. The fourth-order valence-electron chi connectivity index (χ4n) is 2.05. The summed E-state index contributed by atoms with van der Waals surface area (Å²) in [6.45, 7) is 2.22. The van der Waals surface area contributed by atoms with E-state index in [1.54, 1.807) is 38.4 Å². The van der Waals surface area contributed by atoms with Crippen molar-refractivity contribution in [2.75, 3.05) is 14.2 Å². The van der Waals surface area contributed by atoms with Crippen LogP contribution in [0.5, 0.6) is 11.5 Å². The van der Waals surface area contributed by atoms with Gasteiger partial charge in [0.1, 0.15) is 18.1 Å². The highest BCUT2D eigenvalue weighted by Gasteiger charge is 2.10. The number of amides is 1. The number of aryl methyl sites for hydroxylation is 1. The smallest absolute Gasteiger partial charge is 0.251 e. The Morgan fingerprint density at radius 2 is 2.00 bits per heavy atom. The van der Waals surface area contributed by atoms with E-state index in [1.807, 2.05) is 19.1 Å². The van der Waals surface area contributed by atoms with Gasteiger partial charge in [-0.25, -0.2) is 0 Å². The van der Waals surface area contributed by atoms with Crippen molar-refractivity contribution in [1.29, 1.82) is 0 Å². The number of methoxy groups -OCH3 is 1. The molecule has 0 saturated heterocycles. The van der Waals surface area contributed by atoms with Gasteiger partial charge < -0.3 is 14.8 Å². The summed E-state index contributed by atoms with van der Waals surface area (Å²) in [5.41, 5.74) is 2.32. The van der Waals surface area contributed by atoms with Crippen molar-refractivity contribution in [3.63, 3.8) is 0 Å². The summed E-state index contributed by atoms with van der Waals surface area (Å²) in [5.74, 6) is 1.25. The molecule has 4 nitrogen and oxygen atoms in total. The molecule has 5 heteroatoms. The minimum atomic E-state index is -0.147.